The quantitative estimate of drug-likeness (QED) is 0.728. The van der Waals surface area contributed by atoms with E-state index in [4.69, 9.17) is 4.98 Å². The Labute approximate surface area is 169 Å². The first-order chi connectivity index (χ1) is 14.3. The molecule has 6 nitrogen and oxygen atoms in total. The number of aryl methyl sites for hydroxylation is 1. The second kappa shape index (κ2) is 7.47. The van der Waals surface area contributed by atoms with Gasteiger partial charge < -0.3 is 10.6 Å². The third-order valence-corrected chi connectivity index (χ3v) is 5.17. The molecule has 0 spiro atoms. The molecule has 3 heterocycles. The Balaban J connectivity index is 1.44. The van der Waals surface area contributed by atoms with Crippen LogP contribution in [0, 0.1) is 6.92 Å². The van der Waals surface area contributed by atoms with Gasteiger partial charge in [0.1, 0.15) is 11.7 Å². The number of rotatable bonds is 4. The molecule has 0 bridgehead atoms. The first-order valence-corrected chi connectivity index (χ1v) is 9.90. The normalized spacial score (nSPS) is 15.5. The fourth-order valence-corrected chi connectivity index (χ4v) is 3.62. The highest BCUT2D eigenvalue weighted by molar-refractivity contribution is 6.00. The van der Waals surface area contributed by atoms with E-state index in [1.54, 1.807) is 0 Å². The van der Waals surface area contributed by atoms with E-state index in [-0.39, 0.29) is 0 Å². The first kappa shape index (κ1) is 17.6. The molecular weight excluding hydrogens is 360 g/mol. The van der Waals surface area contributed by atoms with E-state index in [0.717, 1.165) is 77.2 Å². The van der Waals surface area contributed by atoms with Crippen molar-refractivity contribution in [1.82, 2.24) is 20.6 Å². The molecule has 0 atom stereocenters. The number of hydrogen-bond acceptors (Lipinski definition) is 6. The predicted octanol–water partition coefficient (Wildman–Crippen LogP) is 2.82. The van der Waals surface area contributed by atoms with Crippen molar-refractivity contribution in [3.8, 4) is 22.6 Å². The fraction of sp³-hybridized carbons (Fsp3) is 0.217. The minimum atomic E-state index is 0.726. The number of amidine groups is 2. The molecule has 144 valence electrons. The topological polar surface area (TPSA) is 74.6 Å². The SMILES string of the molecule is Cc1cnc(-c2ccc(C3=NCCN3)cc2)nc1-c1ccc(C2=NCCN2)cc1. The molecule has 0 radical (unpaired) electrons. The smallest absolute Gasteiger partial charge is 0.159 e. The molecule has 0 aliphatic carbocycles. The summed E-state index contributed by atoms with van der Waals surface area (Å²) in [7, 11) is 0. The summed E-state index contributed by atoms with van der Waals surface area (Å²) in [4.78, 5) is 18.4. The summed E-state index contributed by atoms with van der Waals surface area (Å²) in [5, 5.41) is 6.61. The zero-order valence-electron chi connectivity index (χ0n) is 16.3. The van der Waals surface area contributed by atoms with Gasteiger partial charge in [0, 0.05) is 41.5 Å². The lowest BCUT2D eigenvalue weighted by atomic mass is 10.0. The number of nitrogens with one attached hydrogen (secondary N) is 2. The molecule has 0 fully saturated rings. The van der Waals surface area contributed by atoms with Crippen LogP contribution in [0.25, 0.3) is 22.6 Å². The molecule has 0 saturated heterocycles. The largest absolute Gasteiger partial charge is 0.368 e. The minimum absolute atomic E-state index is 0.726. The monoisotopic (exact) mass is 382 g/mol. The van der Waals surface area contributed by atoms with Crippen molar-refractivity contribution in [2.24, 2.45) is 9.98 Å². The molecule has 2 aromatic carbocycles. The Kier molecular flexibility index (Phi) is 4.52. The maximum absolute atomic E-state index is 4.86. The summed E-state index contributed by atoms with van der Waals surface area (Å²) < 4.78 is 0. The van der Waals surface area contributed by atoms with Crippen LogP contribution in [0.1, 0.15) is 16.7 Å². The van der Waals surface area contributed by atoms with Gasteiger partial charge in [-0.1, -0.05) is 48.5 Å². The Bertz CT molecular complexity index is 1100. The van der Waals surface area contributed by atoms with Crippen molar-refractivity contribution in [3.63, 3.8) is 0 Å². The van der Waals surface area contributed by atoms with Crippen molar-refractivity contribution in [2.75, 3.05) is 26.2 Å². The van der Waals surface area contributed by atoms with E-state index in [0.29, 0.717) is 0 Å². The second-order valence-electron chi connectivity index (χ2n) is 7.19. The summed E-state index contributed by atoms with van der Waals surface area (Å²) in [6.07, 6.45) is 1.89. The molecule has 0 amide bonds. The summed E-state index contributed by atoms with van der Waals surface area (Å²) >= 11 is 0. The summed E-state index contributed by atoms with van der Waals surface area (Å²) in [5.41, 5.74) is 6.28. The molecule has 6 heteroatoms. The van der Waals surface area contributed by atoms with Crippen molar-refractivity contribution >= 4 is 11.7 Å². The van der Waals surface area contributed by atoms with Crippen LogP contribution in [0.4, 0.5) is 0 Å². The van der Waals surface area contributed by atoms with Crippen molar-refractivity contribution in [2.45, 2.75) is 6.92 Å². The number of nitrogens with zero attached hydrogens (tertiary/aromatic N) is 4. The van der Waals surface area contributed by atoms with Gasteiger partial charge in [-0.15, -0.1) is 0 Å². The van der Waals surface area contributed by atoms with Gasteiger partial charge in [-0.05, 0) is 12.5 Å². The molecular formula is C23H22N6. The van der Waals surface area contributed by atoms with E-state index >= 15 is 0 Å². The van der Waals surface area contributed by atoms with Crippen LogP contribution >= 0.6 is 0 Å². The number of benzene rings is 2. The predicted molar refractivity (Wildman–Crippen MR) is 116 cm³/mol. The lowest BCUT2D eigenvalue weighted by Gasteiger charge is -2.10. The van der Waals surface area contributed by atoms with Crippen LogP contribution in [0.2, 0.25) is 0 Å². The van der Waals surface area contributed by atoms with E-state index in [2.05, 4.69) is 74.1 Å². The number of aliphatic imine (C=N–C) groups is 2. The second-order valence-corrected chi connectivity index (χ2v) is 7.19. The lowest BCUT2D eigenvalue weighted by molar-refractivity contribution is 0.960. The van der Waals surface area contributed by atoms with E-state index in [9.17, 15) is 0 Å². The summed E-state index contributed by atoms with van der Waals surface area (Å²) in [6, 6.07) is 16.6. The van der Waals surface area contributed by atoms with E-state index in [1.807, 2.05) is 13.1 Å². The van der Waals surface area contributed by atoms with Gasteiger partial charge in [0.25, 0.3) is 0 Å². The molecule has 2 aliphatic rings. The molecule has 0 unspecified atom stereocenters. The third-order valence-electron chi connectivity index (χ3n) is 5.17. The van der Waals surface area contributed by atoms with Crippen LogP contribution in [0.15, 0.2) is 64.7 Å². The van der Waals surface area contributed by atoms with Gasteiger partial charge in [-0.3, -0.25) is 9.98 Å². The maximum atomic E-state index is 4.86. The first-order valence-electron chi connectivity index (χ1n) is 9.90. The van der Waals surface area contributed by atoms with E-state index in [1.165, 1.54) is 0 Å². The fourth-order valence-electron chi connectivity index (χ4n) is 3.62. The van der Waals surface area contributed by atoms with Gasteiger partial charge in [0.2, 0.25) is 0 Å². The number of aromatic nitrogens is 2. The molecule has 29 heavy (non-hydrogen) atoms. The lowest BCUT2D eigenvalue weighted by Crippen LogP contribution is -2.19. The average Bonchev–Trinajstić information content (AvgIpc) is 3.49. The van der Waals surface area contributed by atoms with Gasteiger partial charge in [0.05, 0.1) is 18.8 Å². The van der Waals surface area contributed by atoms with Crippen LogP contribution in [-0.4, -0.2) is 47.8 Å². The Morgan fingerprint density at radius 3 is 1.72 bits per heavy atom. The standard InChI is InChI=1S/C23H22N6/c1-15-14-28-23(19-8-6-18(7-9-19)22-26-12-13-27-22)29-20(15)16-2-4-17(5-3-16)21-24-10-11-25-21/h2-9,14H,10-13H2,1H3,(H,24,25)(H,26,27). The summed E-state index contributed by atoms with van der Waals surface area (Å²) in [6.45, 7) is 5.54. The molecule has 3 aromatic rings. The van der Waals surface area contributed by atoms with Crippen LogP contribution in [0.5, 0.6) is 0 Å². The zero-order chi connectivity index (χ0) is 19.6. The van der Waals surface area contributed by atoms with Gasteiger partial charge in [-0.25, -0.2) is 9.97 Å². The highest BCUT2D eigenvalue weighted by Gasteiger charge is 2.12. The Morgan fingerprint density at radius 2 is 1.21 bits per heavy atom. The van der Waals surface area contributed by atoms with Gasteiger partial charge >= 0.3 is 0 Å². The summed E-state index contributed by atoms with van der Waals surface area (Å²) in [5.74, 6) is 2.66. The molecule has 0 saturated carbocycles. The minimum Gasteiger partial charge on any atom is -0.368 e. The zero-order valence-corrected chi connectivity index (χ0v) is 16.3. The molecule has 5 rings (SSSR count). The van der Waals surface area contributed by atoms with Crippen molar-refractivity contribution < 1.29 is 0 Å². The van der Waals surface area contributed by atoms with Crippen LogP contribution in [-0.2, 0) is 0 Å². The third kappa shape index (κ3) is 3.49. The Morgan fingerprint density at radius 1 is 0.690 bits per heavy atom. The van der Waals surface area contributed by atoms with Crippen molar-refractivity contribution in [3.05, 3.63) is 71.4 Å². The van der Waals surface area contributed by atoms with E-state index < -0.39 is 0 Å². The van der Waals surface area contributed by atoms with Gasteiger partial charge in [-0.2, -0.15) is 0 Å². The van der Waals surface area contributed by atoms with Gasteiger partial charge in [0.15, 0.2) is 5.82 Å². The molecule has 1 aromatic heterocycles. The number of hydrogen-bond donors (Lipinski definition) is 2. The highest BCUT2D eigenvalue weighted by Crippen LogP contribution is 2.25. The average molecular weight is 382 g/mol. The van der Waals surface area contributed by atoms with Crippen LogP contribution < -0.4 is 10.6 Å². The molecule has 2 N–H and O–H groups in total. The molecule has 2 aliphatic heterocycles. The van der Waals surface area contributed by atoms with Crippen LogP contribution in [0.3, 0.4) is 0 Å². The Hall–Kier alpha value is -3.54. The maximum Gasteiger partial charge on any atom is 0.159 e. The highest BCUT2D eigenvalue weighted by atomic mass is 15.1. The van der Waals surface area contributed by atoms with Crippen molar-refractivity contribution in [1.29, 1.82) is 0 Å².